The molecule has 1 aliphatic rings. The maximum absolute atomic E-state index is 15.7. The van der Waals surface area contributed by atoms with Crippen LogP contribution in [0.25, 0.3) is 27.8 Å². The highest BCUT2D eigenvalue weighted by Crippen LogP contribution is 2.39. The van der Waals surface area contributed by atoms with Crippen molar-refractivity contribution in [1.29, 1.82) is 0 Å². The van der Waals surface area contributed by atoms with Crippen LogP contribution in [0.1, 0.15) is 64.4 Å². The lowest BCUT2D eigenvalue weighted by atomic mass is 9.92. The molecule has 0 bridgehead atoms. The van der Waals surface area contributed by atoms with Crippen molar-refractivity contribution < 1.29 is 18.3 Å². The van der Waals surface area contributed by atoms with E-state index in [-0.39, 0.29) is 5.57 Å². The van der Waals surface area contributed by atoms with Crippen molar-refractivity contribution in [3.05, 3.63) is 102 Å². The highest BCUT2D eigenvalue weighted by Gasteiger charge is 2.45. The van der Waals surface area contributed by atoms with Crippen LogP contribution in [0.5, 0.6) is 0 Å². The van der Waals surface area contributed by atoms with E-state index < -0.39 is 17.8 Å². The first-order chi connectivity index (χ1) is 19.1. The van der Waals surface area contributed by atoms with Gasteiger partial charge in [0.2, 0.25) is 12.0 Å². The quantitative estimate of drug-likeness (QED) is 0.152. The number of alkyl halides is 1. The summed E-state index contributed by atoms with van der Waals surface area (Å²) in [4.78, 5) is 0. The summed E-state index contributed by atoms with van der Waals surface area (Å²) in [6, 6.07) is 26.2. The van der Waals surface area contributed by atoms with Crippen molar-refractivity contribution in [2.24, 2.45) is 0 Å². The van der Waals surface area contributed by atoms with Crippen molar-refractivity contribution in [2.45, 2.75) is 70.8 Å². The Bertz CT molecular complexity index is 1220. The second-order valence-electron chi connectivity index (χ2n) is 10.2. The average molecular weight is 531 g/mol. The van der Waals surface area contributed by atoms with E-state index in [9.17, 15) is 0 Å². The third-order valence-corrected chi connectivity index (χ3v) is 7.24. The second-order valence-corrected chi connectivity index (χ2v) is 10.2. The lowest BCUT2D eigenvalue weighted by Gasteiger charge is -2.36. The fourth-order valence-electron chi connectivity index (χ4n) is 4.87. The zero-order valence-corrected chi connectivity index (χ0v) is 23.2. The van der Waals surface area contributed by atoms with Crippen molar-refractivity contribution in [3.63, 3.8) is 0 Å². The predicted octanol–water partition coefficient (Wildman–Crippen LogP) is 10.1. The van der Waals surface area contributed by atoms with Gasteiger partial charge in [-0.2, -0.15) is 0 Å². The Hall–Kier alpha value is -3.08. The molecule has 0 saturated carbocycles. The Morgan fingerprint density at radius 2 is 1.08 bits per heavy atom. The van der Waals surface area contributed by atoms with E-state index in [2.05, 4.69) is 50.2 Å². The highest BCUT2D eigenvalue weighted by molar-refractivity contribution is 5.79. The van der Waals surface area contributed by atoms with Gasteiger partial charge < -0.3 is 9.47 Å². The van der Waals surface area contributed by atoms with Gasteiger partial charge in [0.05, 0.1) is 13.2 Å². The summed E-state index contributed by atoms with van der Waals surface area (Å²) in [7, 11) is 0. The van der Waals surface area contributed by atoms with Gasteiger partial charge in [-0.25, -0.2) is 8.78 Å². The van der Waals surface area contributed by atoms with Crippen LogP contribution in [0.3, 0.4) is 0 Å². The summed E-state index contributed by atoms with van der Waals surface area (Å²) in [6.07, 6.45) is 7.91. The Kier molecular flexibility index (Phi) is 10.6. The van der Waals surface area contributed by atoms with Gasteiger partial charge in [0.15, 0.2) is 0 Å². The molecule has 0 aromatic heterocycles. The summed E-state index contributed by atoms with van der Waals surface area (Å²) in [5, 5.41) is 0. The molecule has 4 rings (SSSR count). The van der Waals surface area contributed by atoms with Crippen LogP contribution >= 0.6 is 0 Å². The molecule has 0 fully saturated rings. The summed E-state index contributed by atoms with van der Waals surface area (Å²) in [5.41, 5.74) is 5.25. The maximum Gasteiger partial charge on any atom is 0.227 e. The van der Waals surface area contributed by atoms with Crippen LogP contribution in [0.4, 0.5) is 8.78 Å². The zero-order valence-electron chi connectivity index (χ0n) is 23.2. The van der Waals surface area contributed by atoms with Gasteiger partial charge in [-0.15, -0.1) is 0 Å². The molecular formula is C35H40F2O2. The largest absolute Gasteiger partial charge is 0.344 e. The Morgan fingerprint density at radius 3 is 1.62 bits per heavy atom. The molecule has 0 radical (unpaired) electrons. The fourth-order valence-corrected chi connectivity index (χ4v) is 4.87. The van der Waals surface area contributed by atoms with Gasteiger partial charge in [-0.05, 0) is 46.7 Å². The maximum atomic E-state index is 15.7. The minimum absolute atomic E-state index is 0.232. The number of rotatable bonds is 14. The molecular weight excluding hydrogens is 490 g/mol. The van der Waals surface area contributed by atoms with E-state index in [0.29, 0.717) is 18.8 Å². The monoisotopic (exact) mass is 530 g/mol. The number of benzene rings is 3. The number of halogens is 2. The summed E-state index contributed by atoms with van der Waals surface area (Å²) < 4.78 is 43.1. The first-order valence-electron chi connectivity index (χ1n) is 14.3. The minimum Gasteiger partial charge on any atom is -0.344 e. The molecule has 0 amide bonds. The van der Waals surface area contributed by atoms with Crippen molar-refractivity contribution >= 4 is 5.57 Å². The van der Waals surface area contributed by atoms with E-state index in [1.807, 2.05) is 42.5 Å². The van der Waals surface area contributed by atoms with E-state index in [4.69, 9.17) is 9.47 Å². The lowest BCUT2D eigenvalue weighted by Crippen LogP contribution is -2.46. The normalized spacial score (nSPS) is 19.0. The van der Waals surface area contributed by atoms with Gasteiger partial charge in [0.25, 0.3) is 0 Å². The summed E-state index contributed by atoms with van der Waals surface area (Å²) in [6.45, 7) is 4.89. The van der Waals surface area contributed by atoms with E-state index in [0.717, 1.165) is 61.6 Å². The number of hydrogen-bond acceptors (Lipinski definition) is 2. The molecule has 206 valence electrons. The van der Waals surface area contributed by atoms with Crippen molar-refractivity contribution in [3.8, 4) is 22.3 Å². The van der Waals surface area contributed by atoms with Crippen LogP contribution < -0.4 is 0 Å². The van der Waals surface area contributed by atoms with Crippen LogP contribution in [0, 0.1) is 0 Å². The number of allylic oxidation sites excluding steroid dienone is 2. The van der Waals surface area contributed by atoms with Gasteiger partial charge in [-0.3, -0.25) is 0 Å². The minimum atomic E-state index is -2.02. The third kappa shape index (κ3) is 7.32. The fraction of sp³-hybridized carbons (Fsp3) is 0.371. The van der Waals surface area contributed by atoms with Gasteiger partial charge in [0, 0.05) is 5.57 Å². The Morgan fingerprint density at radius 1 is 0.615 bits per heavy atom. The van der Waals surface area contributed by atoms with Crippen molar-refractivity contribution in [2.75, 3.05) is 13.2 Å². The summed E-state index contributed by atoms with van der Waals surface area (Å²) in [5.74, 6) is -2.56. The van der Waals surface area contributed by atoms with Crippen LogP contribution in [-0.4, -0.2) is 25.2 Å². The van der Waals surface area contributed by atoms with Gasteiger partial charge >= 0.3 is 0 Å². The van der Waals surface area contributed by atoms with Crippen LogP contribution in [-0.2, 0) is 9.47 Å². The molecule has 2 nitrogen and oxygen atoms in total. The van der Waals surface area contributed by atoms with Gasteiger partial charge in [0.1, 0.15) is 5.83 Å². The topological polar surface area (TPSA) is 18.5 Å². The molecule has 2 unspecified atom stereocenters. The Balaban J connectivity index is 1.48. The van der Waals surface area contributed by atoms with Gasteiger partial charge in [-0.1, -0.05) is 131 Å². The Labute approximate surface area is 232 Å². The molecule has 0 saturated heterocycles. The van der Waals surface area contributed by atoms with Crippen LogP contribution in [0.15, 0.2) is 96.8 Å². The molecule has 39 heavy (non-hydrogen) atoms. The van der Waals surface area contributed by atoms with Crippen LogP contribution in [0.2, 0.25) is 0 Å². The third-order valence-electron chi connectivity index (χ3n) is 7.24. The number of ether oxygens (including phenoxy) is 2. The number of unbranched alkanes of at least 4 members (excludes halogenated alkanes) is 5. The molecule has 3 aromatic carbocycles. The molecule has 0 spiro atoms. The molecule has 0 aliphatic heterocycles. The predicted molar refractivity (Wildman–Crippen MR) is 158 cm³/mol. The second kappa shape index (κ2) is 14.3. The molecule has 0 heterocycles. The standard InChI is InChI=1S/C35H40F2O2/c1-3-5-7-12-26-39-35(38-25-11-6-4-2)24-23-32(33(36)34(35)37)31-21-19-30(20-22-31)29-17-15-28(16-18-29)27-13-9-8-10-14-27/h8-10,13-24,34H,3-7,11-12,25-26H2,1-2H3. The molecule has 0 N–H and O–H groups in total. The van der Waals surface area contributed by atoms with E-state index in [1.54, 1.807) is 12.2 Å². The first kappa shape index (κ1) is 28.9. The van der Waals surface area contributed by atoms with E-state index >= 15 is 8.78 Å². The van der Waals surface area contributed by atoms with Crippen molar-refractivity contribution in [1.82, 2.24) is 0 Å². The first-order valence-corrected chi connectivity index (χ1v) is 14.3. The molecule has 2 atom stereocenters. The molecule has 3 aromatic rings. The molecule has 4 heteroatoms. The zero-order chi connectivity index (χ0) is 27.5. The highest BCUT2D eigenvalue weighted by atomic mass is 19.2. The average Bonchev–Trinajstić information content (AvgIpc) is 2.99. The molecule has 1 aliphatic carbocycles. The summed E-state index contributed by atoms with van der Waals surface area (Å²) >= 11 is 0. The SMILES string of the molecule is CCCCCCOC1(OCCCCC)C=CC(c2ccc(-c3ccc(-c4ccccc4)cc3)cc2)=C(F)C1F. The number of hydrogen-bond donors (Lipinski definition) is 0. The smallest absolute Gasteiger partial charge is 0.227 e. The lowest BCUT2D eigenvalue weighted by molar-refractivity contribution is -0.234. The van der Waals surface area contributed by atoms with E-state index in [1.165, 1.54) is 5.56 Å².